The van der Waals surface area contributed by atoms with Gasteiger partial charge in [-0.2, -0.15) is 0 Å². The SMILES string of the molecule is CNC1COCC1C(=O)NCC(O)C1CC1. The van der Waals surface area contributed by atoms with E-state index < -0.39 is 0 Å². The molecule has 2 aliphatic rings. The molecule has 0 aromatic carbocycles. The molecule has 16 heavy (non-hydrogen) atoms. The van der Waals surface area contributed by atoms with Crippen LogP contribution in [0.25, 0.3) is 0 Å². The van der Waals surface area contributed by atoms with Gasteiger partial charge in [-0.25, -0.2) is 0 Å². The van der Waals surface area contributed by atoms with Crippen LogP contribution in [0.3, 0.4) is 0 Å². The summed E-state index contributed by atoms with van der Waals surface area (Å²) in [6.07, 6.45) is 1.80. The number of hydrogen-bond donors (Lipinski definition) is 3. The summed E-state index contributed by atoms with van der Waals surface area (Å²) in [5, 5.41) is 15.5. The lowest BCUT2D eigenvalue weighted by Crippen LogP contribution is -2.44. The third-order valence-electron chi connectivity index (χ3n) is 3.44. The monoisotopic (exact) mass is 228 g/mol. The second-order valence-electron chi connectivity index (χ2n) is 4.69. The highest BCUT2D eigenvalue weighted by Gasteiger charge is 2.34. The van der Waals surface area contributed by atoms with Gasteiger partial charge in [0.15, 0.2) is 0 Å². The van der Waals surface area contributed by atoms with E-state index in [4.69, 9.17) is 4.74 Å². The minimum absolute atomic E-state index is 0.0171. The van der Waals surface area contributed by atoms with E-state index in [-0.39, 0.29) is 24.0 Å². The van der Waals surface area contributed by atoms with Crippen LogP contribution < -0.4 is 10.6 Å². The number of hydrogen-bond acceptors (Lipinski definition) is 4. The fourth-order valence-corrected chi connectivity index (χ4v) is 2.08. The number of likely N-dealkylation sites (N-methyl/N-ethyl adjacent to an activating group) is 1. The molecule has 5 nitrogen and oxygen atoms in total. The first kappa shape index (κ1) is 11.8. The van der Waals surface area contributed by atoms with Crippen LogP contribution >= 0.6 is 0 Å². The molecule has 1 heterocycles. The molecule has 5 heteroatoms. The van der Waals surface area contributed by atoms with E-state index in [1.54, 1.807) is 0 Å². The zero-order chi connectivity index (χ0) is 11.5. The Morgan fingerprint density at radius 1 is 1.50 bits per heavy atom. The van der Waals surface area contributed by atoms with E-state index in [1.807, 2.05) is 7.05 Å². The van der Waals surface area contributed by atoms with Gasteiger partial charge >= 0.3 is 0 Å². The van der Waals surface area contributed by atoms with Gasteiger partial charge in [0.25, 0.3) is 0 Å². The molecule has 3 N–H and O–H groups in total. The van der Waals surface area contributed by atoms with Crippen LogP contribution in [0.5, 0.6) is 0 Å². The van der Waals surface area contributed by atoms with Crippen LogP contribution in [0, 0.1) is 11.8 Å². The highest BCUT2D eigenvalue weighted by atomic mass is 16.5. The largest absolute Gasteiger partial charge is 0.391 e. The Balaban J connectivity index is 1.73. The third-order valence-corrected chi connectivity index (χ3v) is 3.44. The highest BCUT2D eigenvalue weighted by molar-refractivity contribution is 5.79. The van der Waals surface area contributed by atoms with Crippen LogP contribution in [0.2, 0.25) is 0 Å². The molecule has 0 aromatic heterocycles. The van der Waals surface area contributed by atoms with Gasteiger partial charge in [-0.1, -0.05) is 0 Å². The minimum Gasteiger partial charge on any atom is -0.391 e. The Morgan fingerprint density at radius 3 is 2.88 bits per heavy atom. The summed E-state index contributed by atoms with van der Waals surface area (Å²) >= 11 is 0. The van der Waals surface area contributed by atoms with Crippen molar-refractivity contribution in [3.63, 3.8) is 0 Å². The lowest BCUT2D eigenvalue weighted by atomic mass is 10.0. The van der Waals surface area contributed by atoms with Crippen LogP contribution in [-0.4, -0.2) is 50.0 Å². The third kappa shape index (κ3) is 2.72. The summed E-state index contributed by atoms with van der Waals surface area (Å²) in [6.45, 7) is 1.42. The van der Waals surface area contributed by atoms with Crippen molar-refractivity contribution in [2.24, 2.45) is 11.8 Å². The lowest BCUT2D eigenvalue weighted by Gasteiger charge is -2.17. The van der Waals surface area contributed by atoms with E-state index in [0.29, 0.717) is 25.7 Å². The molecule has 0 bridgehead atoms. The lowest BCUT2D eigenvalue weighted by molar-refractivity contribution is -0.125. The smallest absolute Gasteiger partial charge is 0.227 e. The average molecular weight is 228 g/mol. The van der Waals surface area contributed by atoms with Crippen molar-refractivity contribution in [2.75, 3.05) is 26.8 Å². The topological polar surface area (TPSA) is 70.6 Å². The van der Waals surface area contributed by atoms with E-state index in [1.165, 1.54) is 0 Å². The van der Waals surface area contributed by atoms with Crippen molar-refractivity contribution in [1.29, 1.82) is 0 Å². The quantitative estimate of drug-likeness (QED) is 0.571. The van der Waals surface area contributed by atoms with Gasteiger partial charge in [0.2, 0.25) is 5.91 Å². The van der Waals surface area contributed by atoms with Crippen LogP contribution in [0.1, 0.15) is 12.8 Å². The van der Waals surface area contributed by atoms with Crippen LogP contribution in [0.15, 0.2) is 0 Å². The zero-order valence-corrected chi connectivity index (χ0v) is 9.61. The maximum Gasteiger partial charge on any atom is 0.227 e. The maximum atomic E-state index is 11.8. The van der Waals surface area contributed by atoms with Crippen molar-refractivity contribution in [1.82, 2.24) is 10.6 Å². The van der Waals surface area contributed by atoms with Crippen molar-refractivity contribution in [2.45, 2.75) is 25.0 Å². The molecule has 92 valence electrons. The number of aliphatic hydroxyl groups excluding tert-OH is 1. The average Bonchev–Trinajstić information content (AvgIpc) is 3.03. The molecule has 3 atom stereocenters. The molecule has 0 spiro atoms. The summed E-state index contributed by atoms with van der Waals surface area (Å²) < 4.78 is 5.26. The molecule has 0 radical (unpaired) electrons. The van der Waals surface area contributed by atoms with Gasteiger partial charge in [0.1, 0.15) is 0 Å². The van der Waals surface area contributed by atoms with Crippen LogP contribution in [0.4, 0.5) is 0 Å². The van der Waals surface area contributed by atoms with Crippen molar-refractivity contribution in [3.05, 3.63) is 0 Å². The van der Waals surface area contributed by atoms with Crippen molar-refractivity contribution < 1.29 is 14.6 Å². The Kier molecular flexibility index (Phi) is 3.78. The van der Waals surface area contributed by atoms with Gasteiger partial charge in [0, 0.05) is 12.6 Å². The molecule has 3 unspecified atom stereocenters. The first-order chi connectivity index (χ1) is 7.72. The van der Waals surface area contributed by atoms with Gasteiger partial charge in [-0.3, -0.25) is 4.79 Å². The normalized spacial score (nSPS) is 31.4. The summed E-state index contributed by atoms with van der Waals surface area (Å²) in [5.74, 6) is 0.258. The van der Waals surface area contributed by atoms with Crippen LogP contribution in [-0.2, 0) is 9.53 Å². The van der Waals surface area contributed by atoms with Gasteiger partial charge in [0.05, 0.1) is 25.2 Å². The van der Waals surface area contributed by atoms with E-state index in [0.717, 1.165) is 12.8 Å². The number of ether oxygens (including phenoxy) is 1. The summed E-state index contributed by atoms with van der Waals surface area (Å²) in [7, 11) is 1.83. The summed E-state index contributed by atoms with van der Waals surface area (Å²) in [6, 6.07) is 0.0954. The van der Waals surface area contributed by atoms with Gasteiger partial charge in [-0.15, -0.1) is 0 Å². The summed E-state index contributed by atoms with van der Waals surface area (Å²) in [5.41, 5.74) is 0. The molecular formula is C11H20N2O3. The van der Waals surface area contributed by atoms with Crippen molar-refractivity contribution in [3.8, 4) is 0 Å². The highest BCUT2D eigenvalue weighted by Crippen LogP contribution is 2.32. The van der Waals surface area contributed by atoms with Gasteiger partial charge in [-0.05, 0) is 25.8 Å². The Morgan fingerprint density at radius 2 is 2.25 bits per heavy atom. The second kappa shape index (κ2) is 5.12. The van der Waals surface area contributed by atoms with E-state index in [2.05, 4.69) is 10.6 Å². The molecule has 1 aliphatic heterocycles. The number of amides is 1. The molecule has 0 aromatic rings. The fourth-order valence-electron chi connectivity index (χ4n) is 2.08. The van der Waals surface area contributed by atoms with Crippen molar-refractivity contribution >= 4 is 5.91 Å². The molecule has 2 rings (SSSR count). The summed E-state index contributed by atoms with van der Waals surface area (Å²) in [4.78, 5) is 11.8. The Labute approximate surface area is 95.5 Å². The first-order valence-corrected chi connectivity index (χ1v) is 5.93. The number of rotatable bonds is 5. The Bertz CT molecular complexity index is 256. The number of carbonyl (C=O) groups is 1. The molecule has 1 amide bonds. The zero-order valence-electron chi connectivity index (χ0n) is 9.61. The number of aliphatic hydroxyl groups is 1. The number of carbonyl (C=O) groups excluding carboxylic acids is 1. The van der Waals surface area contributed by atoms with Gasteiger partial charge < -0.3 is 20.5 Å². The molecule has 1 saturated carbocycles. The predicted octanol–water partition coefficient (Wildman–Crippen LogP) is -0.892. The number of nitrogens with one attached hydrogen (secondary N) is 2. The molecule has 1 aliphatic carbocycles. The maximum absolute atomic E-state index is 11.8. The Hall–Kier alpha value is -0.650. The first-order valence-electron chi connectivity index (χ1n) is 5.93. The van der Waals surface area contributed by atoms with E-state index >= 15 is 0 Å². The molecular weight excluding hydrogens is 208 g/mol. The molecule has 2 fully saturated rings. The fraction of sp³-hybridized carbons (Fsp3) is 0.909. The van der Waals surface area contributed by atoms with E-state index in [9.17, 15) is 9.90 Å². The molecule has 1 saturated heterocycles. The second-order valence-corrected chi connectivity index (χ2v) is 4.69. The predicted molar refractivity (Wildman–Crippen MR) is 58.9 cm³/mol. The minimum atomic E-state index is -0.376. The standard InChI is InChI=1S/C11H20N2O3/c1-12-9-6-16-5-8(9)11(15)13-4-10(14)7-2-3-7/h7-10,12,14H,2-6H2,1H3,(H,13,15).